The van der Waals surface area contributed by atoms with Crippen molar-refractivity contribution in [2.45, 2.75) is 35.7 Å². The summed E-state index contributed by atoms with van der Waals surface area (Å²) in [4.78, 5) is 6.10. The average molecular weight is 477 g/mol. The molecule has 0 radical (unpaired) electrons. The Morgan fingerprint density at radius 3 is 2.68 bits per heavy atom. The van der Waals surface area contributed by atoms with Crippen LogP contribution in [-0.4, -0.2) is 51.1 Å². The van der Waals surface area contributed by atoms with Crippen LogP contribution in [0.4, 0.5) is 0 Å². The van der Waals surface area contributed by atoms with Gasteiger partial charge in [0, 0.05) is 27.7 Å². The smallest absolute Gasteiger partial charge is 0.242 e. The third-order valence-electron chi connectivity index (χ3n) is 4.93. The predicted molar refractivity (Wildman–Crippen MR) is 125 cm³/mol. The van der Waals surface area contributed by atoms with E-state index in [9.17, 15) is 8.42 Å². The first kappa shape index (κ1) is 22.0. The molecule has 0 fully saturated rings. The van der Waals surface area contributed by atoms with E-state index in [1.165, 1.54) is 18.4 Å². The number of imidazole rings is 1. The quantitative estimate of drug-likeness (QED) is 0.359. The third-order valence-corrected chi connectivity index (χ3v) is 8.62. The Labute approximate surface area is 190 Å². The van der Waals surface area contributed by atoms with E-state index in [1.807, 2.05) is 35.2 Å². The van der Waals surface area contributed by atoms with Gasteiger partial charge in [0.1, 0.15) is 5.82 Å². The fourth-order valence-corrected chi connectivity index (χ4v) is 5.83. The van der Waals surface area contributed by atoms with E-state index in [1.54, 1.807) is 35.2 Å². The number of hydrogen-bond acceptors (Lipinski definition) is 7. The molecule has 0 aliphatic rings. The zero-order valence-corrected chi connectivity index (χ0v) is 20.3. The van der Waals surface area contributed by atoms with E-state index in [-0.39, 0.29) is 4.90 Å². The van der Waals surface area contributed by atoms with E-state index in [4.69, 9.17) is 4.98 Å². The highest BCUT2D eigenvalue weighted by molar-refractivity contribution is 7.98. The Bertz CT molecular complexity index is 1310. The van der Waals surface area contributed by atoms with Crippen LogP contribution in [0.1, 0.15) is 19.2 Å². The minimum Gasteiger partial charge on any atom is -0.327 e. The number of benzene rings is 1. The zero-order chi connectivity index (χ0) is 22.2. The Morgan fingerprint density at radius 2 is 2.00 bits per heavy atom. The summed E-state index contributed by atoms with van der Waals surface area (Å²) in [5, 5.41) is 11.5. The molecule has 0 aliphatic carbocycles. The second kappa shape index (κ2) is 8.73. The minimum absolute atomic E-state index is 0.249. The van der Waals surface area contributed by atoms with Crippen molar-refractivity contribution < 1.29 is 8.42 Å². The first-order valence-corrected chi connectivity index (χ1v) is 13.1. The molecule has 0 unspecified atom stereocenters. The summed E-state index contributed by atoms with van der Waals surface area (Å²) in [6, 6.07) is 9.18. The second-order valence-corrected chi connectivity index (χ2v) is 11.3. The number of thiophene rings is 1. The number of hydrogen-bond donors (Lipinski definition) is 0. The molecule has 0 saturated heterocycles. The Kier molecular flexibility index (Phi) is 6.20. The van der Waals surface area contributed by atoms with E-state index in [0.717, 1.165) is 40.2 Å². The molecule has 0 atom stereocenters. The number of thioether (sulfide) groups is 1. The predicted octanol–water partition coefficient (Wildman–Crippen LogP) is 3.85. The van der Waals surface area contributed by atoms with Gasteiger partial charge in [-0.25, -0.2) is 17.7 Å². The molecule has 0 spiro atoms. The molecular weight excluding hydrogens is 452 g/mol. The van der Waals surface area contributed by atoms with Crippen LogP contribution in [0.2, 0.25) is 0 Å². The van der Waals surface area contributed by atoms with Gasteiger partial charge in [0.05, 0.1) is 26.6 Å². The Morgan fingerprint density at radius 1 is 1.19 bits per heavy atom. The summed E-state index contributed by atoms with van der Waals surface area (Å²) in [6.45, 7) is 2.93. The fourth-order valence-electron chi connectivity index (χ4n) is 3.30. The number of sulfonamides is 1. The number of nitrogens with zero attached hydrogens (tertiary/aromatic N) is 6. The van der Waals surface area contributed by atoms with Crippen molar-refractivity contribution in [1.29, 1.82) is 0 Å². The molecule has 11 heteroatoms. The number of aromatic nitrogens is 5. The van der Waals surface area contributed by atoms with Crippen LogP contribution in [-0.2, 0) is 29.4 Å². The molecule has 0 aliphatic heterocycles. The van der Waals surface area contributed by atoms with Crippen LogP contribution in [0.5, 0.6) is 0 Å². The molecule has 3 heterocycles. The highest BCUT2D eigenvalue weighted by Crippen LogP contribution is 2.29. The summed E-state index contributed by atoms with van der Waals surface area (Å²) in [5.74, 6) is 2.35. The third kappa shape index (κ3) is 4.14. The van der Waals surface area contributed by atoms with Gasteiger partial charge in [-0.2, -0.15) is 0 Å². The first-order chi connectivity index (χ1) is 14.8. The Hall–Kier alpha value is -2.21. The molecule has 4 aromatic rings. The van der Waals surface area contributed by atoms with Gasteiger partial charge in [0.25, 0.3) is 0 Å². The summed E-state index contributed by atoms with van der Waals surface area (Å²) < 4.78 is 30.4. The van der Waals surface area contributed by atoms with Crippen molar-refractivity contribution in [3.05, 3.63) is 41.5 Å². The van der Waals surface area contributed by atoms with Gasteiger partial charge < -0.3 is 9.13 Å². The lowest BCUT2D eigenvalue weighted by molar-refractivity contribution is 0.521. The number of fused-ring (bicyclic) bond motifs is 1. The molecule has 31 heavy (non-hydrogen) atoms. The van der Waals surface area contributed by atoms with Gasteiger partial charge >= 0.3 is 0 Å². The van der Waals surface area contributed by atoms with E-state index in [2.05, 4.69) is 21.7 Å². The first-order valence-electron chi connectivity index (χ1n) is 9.80. The van der Waals surface area contributed by atoms with E-state index < -0.39 is 10.0 Å². The van der Waals surface area contributed by atoms with Crippen molar-refractivity contribution >= 4 is 44.2 Å². The number of rotatable bonds is 8. The van der Waals surface area contributed by atoms with Gasteiger partial charge in [-0.05, 0) is 36.1 Å². The SMILES string of the molecule is CCCn1c(CSc2nnc(-c3cccs3)n2C)nc2cc(S(=O)(=O)N(C)C)ccc21. The summed E-state index contributed by atoms with van der Waals surface area (Å²) >= 11 is 3.21. The molecule has 1 aromatic carbocycles. The monoisotopic (exact) mass is 476 g/mol. The van der Waals surface area contributed by atoms with Crippen molar-refractivity contribution in [2.75, 3.05) is 14.1 Å². The van der Waals surface area contributed by atoms with Crippen LogP contribution in [0, 0.1) is 0 Å². The topological polar surface area (TPSA) is 85.9 Å². The summed E-state index contributed by atoms with van der Waals surface area (Å²) in [5.41, 5.74) is 1.62. The average Bonchev–Trinajstić information content (AvgIpc) is 3.46. The maximum Gasteiger partial charge on any atom is 0.242 e. The van der Waals surface area contributed by atoms with Crippen molar-refractivity contribution in [3.8, 4) is 10.7 Å². The van der Waals surface area contributed by atoms with Gasteiger partial charge in [0.2, 0.25) is 10.0 Å². The molecule has 0 amide bonds. The molecule has 0 bridgehead atoms. The molecular formula is C20H24N6O2S3. The largest absolute Gasteiger partial charge is 0.327 e. The van der Waals surface area contributed by atoms with Crippen LogP contribution < -0.4 is 0 Å². The van der Waals surface area contributed by atoms with Crippen LogP contribution in [0.25, 0.3) is 21.7 Å². The maximum absolute atomic E-state index is 12.5. The lowest BCUT2D eigenvalue weighted by Crippen LogP contribution is -2.22. The summed E-state index contributed by atoms with van der Waals surface area (Å²) in [7, 11) is 1.52. The van der Waals surface area contributed by atoms with E-state index in [0.29, 0.717) is 11.3 Å². The maximum atomic E-state index is 12.5. The standard InChI is InChI=1S/C20H24N6O2S3/c1-5-10-26-16-9-8-14(31(27,28)24(2)3)12-15(16)21-18(26)13-30-20-23-22-19(25(20)4)17-7-6-11-29-17/h6-9,11-12H,5,10,13H2,1-4H3. The molecule has 164 valence electrons. The summed E-state index contributed by atoms with van der Waals surface area (Å²) in [6.07, 6.45) is 0.952. The van der Waals surface area contributed by atoms with Crippen LogP contribution >= 0.6 is 23.1 Å². The molecule has 3 aromatic heterocycles. The van der Waals surface area contributed by atoms with Crippen molar-refractivity contribution in [1.82, 2.24) is 28.6 Å². The van der Waals surface area contributed by atoms with E-state index >= 15 is 0 Å². The lowest BCUT2D eigenvalue weighted by Gasteiger charge is -2.11. The lowest BCUT2D eigenvalue weighted by atomic mass is 10.3. The fraction of sp³-hybridized carbons (Fsp3) is 0.350. The van der Waals surface area contributed by atoms with Crippen molar-refractivity contribution in [3.63, 3.8) is 0 Å². The van der Waals surface area contributed by atoms with Crippen LogP contribution in [0.3, 0.4) is 0 Å². The molecule has 0 saturated carbocycles. The zero-order valence-electron chi connectivity index (χ0n) is 17.8. The van der Waals surface area contributed by atoms with Gasteiger partial charge in [0.15, 0.2) is 11.0 Å². The van der Waals surface area contributed by atoms with Gasteiger partial charge in [-0.1, -0.05) is 24.8 Å². The highest BCUT2D eigenvalue weighted by atomic mass is 32.2. The minimum atomic E-state index is -3.51. The second-order valence-electron chi connectivity index (χ2n) is 7.25. The Balaban J connectivity index is 1.65. The van der Waals surface area contributed by atoms with Crippen molar-refractivity contribution in [2.24, 2.45) is 7.05 Å². The normalized spacial score (nSPS) is 12.3. The van der Waals surface area contributed by atoms with Gasteiger partial charge in [-0.3, -0.25) is 0 Å². The number of aryl methyl sites for hydroxylation is 1. The highest BCUT2D eigenvalue weighted by Gasteiger charge is 2.20. The molecule has 4 rings (SSSR count). The molecule has 8 nitrogen and oxygen atoms in total. The van der Waals surface area contributed by atoms with Crippen LogP contribution in [0.15, 0.2) is 45.8 Å². The van der Waals surface area contributed by atoms with Gasteiger partial charge in [-0.15, -0.1) is 21.5 Å². The molecule has 0 N–H and O–H groups in total.